The summed E-state index contributed by atoms with van der Waals surface area (Å²) < 4.78 is 0. The van der Waals surface area contributed by atoms with Crippen LogP contribution in [0, 0.1) is 17.0 Å². The summed E-state index contributed by atoms with van der Waals surface area (Å²) in [6, 6.07) is 5.38. The molecule has 0 saturated heterocycles. The van der Waals surface area contributed by atoms with Gasteiger partial charge in [0.25, 0.3) is 17.2 Å². The van der Waals surface area contributed by atoms with E-state index in [2.05, 4.69) is 10.3 Å². The Balaban J connectivity index is 1.78. The molecule has 0 atom stereocenters. The number of non-ortho nitro benzene ring substituents is 1. The zero-order chi connectivity index (χ0) is 18.0. The summed E-state index contributed by atoms with van der Waals surface area (Å²) in [4.78, 5) is 37.6. The zero-order valence-electron chi connectivity index (χ0n) is 13.9. The van der Waals surface area contributed by atoms with Crippen LogP contribution in [-0.4, -0.2) is 15.8 Å². The molecule has 0 radical (unpaired) electrons. The van der Waals surface area contributed by atoms with Gasteiger partial charge in [-0.15, -0.1) is 0 Å². The van der Waals surface area contributed by atoms with E-state index >= 15 is 0 Å². The maximum atomic E-state index is 12.3. The maximum absolute atomic E-state index is 12.3. The number of aryl methyl sites for hydroxylation is 1. The van der Waals surface area contributed by atoms with Gasteiger partial charge in [0.2, 0.25) is 0 Å². The molecule has 7 nitrogen and oxygen atoms in total. The first kappa shape index (κ1) is 16.9. The predicted octanol–water partition coefficient (Wildman–Crippen LogP) is 2.40. The number of H-pyrrole nitrogens is 1. The first-order valence-corrected chi connectivity index (χ1v) is 8.23. The summed E-state index contributed by atoms with van der Waals surface area (Å²) in [5, 5.41) is 13.4. The number of amides is 1. The first-order valence-electron chi connectivity index (χ1n) is 8.23. The van der Waals surface area contributed by atoms with Crippen molar-refractivity contribution in [2.24, 2.45) is 0 Å². The molecule has 1 aromatic heterocycles. The van der Waals surface area contributed by atoms with Crippen LogP contribution in [0.4, 0.5) is 5.69 Å². The van der Waals surface area contributed by atoms with Crippen LogP contribution in [0.15, 0.2) is 29.1 Å². The van der Waals surface area contributed by atoms with Crippen LogP contribution in [0.2, 0.25) is 0 Å². The molecule has 1 aliphatic carbocycles. The van der Waals surface area contributed by atoms with Crippen LogP contribution >= 0.6 is 0 Å². The topological polar surface area (TPSA) is 105 Å². The lowest BCUT2D eigenvalue weighted by Crippen LogP contribution is -2.30. The van der Waals surface area contributed by atoms with E-state index in [-0.39, 0.29) is 23.7 Å². The predicted molar refractivity (Wildman–Crippen MR) is 92.7 cm³/mol. The number of aromatic nitrogens is 1. The third kappa shape index (κ3) is 3.45. The number of benzene rings is 1. The van der Waals surface area contributed by atoms with Gasteiger partial charge in [-0.2, -0.15) is 0 Å². The number of hydrogen-bond donors (Lipinski definition) is 2. The van der Waals surface area contributed by atoms with E-state index in [9.17, 15) is 19.7 Å². The fourth-order valence-corrected chi connectivity index (χ4v) is 3.30. The van der Waals surface area contributed by atoms with Gasteiger partial charge in [0, 0.05) is 35.5 Å². The Morgan fingerprint density at radius 2 is 1.84 bits per heavy atom. The lowest BCUT2D eigenvalue weighted by Gasteiger charge is -2.21. The number of aromatic amines is 1. The summed E-state index contributed by atoms with van der Waals surface area (Å²) in [6.07, 6.45) is 3.94. The quantitative estimate of drug-likeness (QED) is 0.658. The van der Waals surface area contributed by atoms with Gasteiger partial charge in [0.15, 0.2) is 0 Å². The van der Waals surface area contributed by atoms with Gasteiger partial charge in [-0.1, -0.05) is 0 Å². The summed E-state index contributed by atoms with van der Waals surface area (Å²) >= 11 is 0. The van der Waals surface area contributed by atoms with E-state index in [1.54, 1.807) is 0 Å². The van der Waals surface area contributed by atoms with Crippen LogP contribution in [0.3, 0.4) is 0 Å². The van der Waals surface area contributed by atoms with E-state index in [0.717, 1.165) is 36.9 Å². The van der Waals surface area contributed by atoms with Crippen LogP contribution in [0.1, 0.15) is 45.6 Å². The first-order chi connectivity index (χ1) is 12.0. The number of hydrogen-bond acceptors (Lipinski definition) is 4. The second-order valence-corrected chi connectivity index (χ2v) is 6.21. The van der Waals surface area contributed by atoms with Crippen molar-refractivity contribution in [3.8, 4) is 0 Å². The van der Waals surface area contributed by atoms with Crippen LogP contribution in [-0.2, 0) is 19.4 Å². The van der Waals surface area contributed by atoms with Gasteiger partial charge in [-0.25, -0.2) is 0 Å². The molecule has 1 heterocycles. The van der Waals surface area contributed by atoms with E-state index in [1.165, 1.54) is 29.8 Å². The van der Waals surface area contributed by atoms with Gasteiger partial charge in [0.05, 0.1) is 4.92 Å². The number of nitrogens with one attached hydrogen (secondary N) is 2. The molecule has 2 aromatic rings. The van der Waals surface area contributed by atoms with Crippen LogP contribution in [0.5, 0.6) is 0 Å². The third-order valence-electron chi connectivity index (χ3n) is 4.63. The molecule has 1 amide bonds. The number of carbonyl (C=O) groups is 1. The van der Waals surface area contributed by atoms with Gasteiger partial charge in [0.1, 0.15) is 0 Å². The third-order valence-corrected chi connectivity index (χ3v) is 4.63. The summed E-state index contributed by atoms with van der Waals surface area (Å²) in [7, 11) is 0. The number of carbonyl (C=O) groups excluding carboxylic acids is 1. The molecule has 1 aliphatic rings. The molecule has 0 saturated carbocycles. The summed E-state index contributed by atoms with van der Waals surface area (Å²) in [5.41, 5.74) is 3.84. The van der Waals surface area contributed by atoms with Crippen molar-refractivity contribution < 1.29 is 9.72 Å². The van der Waals surface area contributed by atoms with Gasteiger partial charge in [-0.3, -0.25) is 19.7 Å². The normalized spacial score (nSPS) is 13.2. The monoisotopic (exact) mass is 341 g/mol. The van der Waals surface area contributed by atoms with Crippen molar-refractivity contribution in [3.63, 3.8) is 0 Å². The Kier molecular flexibility index (Phi) is 4.65. The van der Waals surface area contributed by atoms with Crippen molar-refractivity contribution in [1.82, 2.24) is 10.3 Å². The van der Waals surface area contributed by atoms with Crippen LogP contribution in [0.25, 0.3) is 0 Å². The Bertz CT molecular complexity index is 884. The summed E-state index contributed by atoms with van der Waals surface area (Å²) in [6.45, 7) is 2.05. The molecule has 2 N–H and O–H groups in total. The average molecular weight is 341 g/mol. The highest BCUT2D eigenvalue weighted by molar-refractivity contribution is 5.94. The van der Waals surface area contributed by atoms with Crippen molar-refractivity contribution in [2.75, 3.05) is 0 Å². The standard InChI is InChI=1S/C18H19N3O4/c1-11-14-4-2-3-5-15(14)16(18(23)20-11)10-19-17(22)12-6-8-13(9-7-12)21(24)25/h6-9H,2-5,10H2,1H3,(H,19,22)(H,20,23). The molecule has 0 aliphatic heterocycles. The fraction of sp³-hybridized carbons (Fsp3) is 0.333. The molecule has 1 aromatic carbocycles. The highest BCUT2D eigenvalue weighted by Crippen LogP contribution is 2.24. The van der Waals surface area contributed by atoms with E-state index in [0.29, 0.717) is 11.1 Å². The molecule has 0 bridgehead atoms. The molecule has 0 fully saturated rings. The Morgan fingerprint density at radius 3 is 2.48 bits per heavy atom. The number of nitro groups is 1. The second kappa shape index (κ2) is 6.88. The SMILES string of the molecule is Cc1[nH]c(=O)c(CNC(=O)c2ccc([N+](=O)[O-])cc2)c2c1CCCC2. The highest BCUT2D eigenvalue weighted by Gasteiger charge is 2.19. The number of rotatable bonds is 4. The largest absolute Gasteiger partial charge is 0.348 e. The maximum Gasteiger partial charge on any atom is 0.269 e. The zero-order valence-corrected chi connectivity index (χ0v) is 13.9. The van der Waals surface area contributed by atoms with Crippen molar-refractivity contribution in [2.45, 2.75) is 39.2 Å². The highest BCUT2D eigenvalue weighted by atomic mass is 16.6. The molecule has 0 spiro atoms. The lowest BCUT2D eigenvalue weighted by atomic mass is 9.88. The molecule has 7 heteroatoms. The molecule has 0 unspecified atom stereocenters. The van der Waals surface area contributed by atoms with Crippen molar-refractivity contribution in [1.29, 1.82) is 0 Å². The number of pyridine rings is 1. The van der Waals surface area contributed by atoms with Crippen molar-refractivity contribution >= 4 is 11.6 Å². The minimum absolute atomic E-state index is 0.0689. The van der Waals surface area contributed by atoms with E-state index in [4.69, 9.17) is 0 Å². The Labute approximate surface area is 144 Å². The van der Waals surface area contributed by atoms with Gasteiger partial charge in [-0.05, 0) is 55.9 Å². The minimum atomic E-state index is -0.514. The fourth-order valence-electron chi connectivity index (χ4n) is 3.30. The molecule has 25 heavy (non-hydrogen) atoms. The summed E-state index contributed by atoms with van der Waals surface area (Å²) in [5.74, 6) is -0.362. The number of nitrogens with zero attached hydrogens (tertiary/aromatic N) is 1. The van der Waals surface area contributed by atoms with Crippen LogP contribution < -0.4 is 10.9 Å². The number of nitro benzene ring substituents is 1. The Hall–Kier alpha value is -2.96. The molecular weight excluding hydrogens is 322 g/mol. The smallest absolute Gasteiger partial charge is 0.269 e. The van der Waals surface area contributed by atoms with Gasteiger partial charge >= 0.3 is 0 Å². The average Bonchev–Trinajstić information content (AvgIpc) is 2.61. The van der Waals surface area contributed by atoms with Gasteiger partial charge < -0.3 is 10.3 Å². The van der Waals surface area contributed by atoms with E-state index < -0.39 is 4.92 Å². The van der Waals surface area contributed by atoms with E-state index in [1.807, 2.05) is 6.92 Å². The molecule has 130 valence electrons. The molecular formula is C18H19N3O4. The minimum Gasteiger partial charge on any atom is -0.348 e. The lowest BCUT2D eigenvalue weighted by molar-refractivity contribution is -0.384. The molecule has 3 rings (SSSR count). The van der Waals surface area contributed by atoms with Crippen molar-refractivity contribution in [3.05, 3.63) is 72.7 Å². The Morgan fingerprint density at radius 1 is 1.20 bits per heavy atom. The second-order valence-electron chi connectivity index (χ2n) is 6.21. The number of fused-ring (bicyclic) bond motifs is 1.